The van der Waals surface area contributed by atoms with E-state index in [1.807, 2.05) is 33.3 Å². The van der Waals surface area contributed by atoms with E-state index in [9.17, 15) is 0 Å². The van der Waals surface area contributed by atoms with Crippen LogP contribution in [0.15, 0.2) is 12.4 Å². The van der Waals surface area contributed by atoms with E-state index in [2.05, 4.69) is 34.0 Å². The summed E-state index contributed by atoms with van der Waals surface area (Å²) in [5.41, 5.74) is 0.962. The Bertz CT molecular complexity index is 351. The van der Waals surface area contributed by atoms with Gasteiger partial charge in [0.1, 0.15) is 5.82 Å². The van der Waals surface area contributed by atoms with E-state index in [1.54, 1.807) is 0 Å². The van der Waals surface area contributed by atoms with Gasteiger partial charge in [-0.05, 0) is 13.8 Å². The molecule has 0 aliphatic heterocycles. The van der Waals surface area contributed by atoms with Gasteiger partial charge < -0.3 is 15.0 Å². The predicted molar refractivity (Wildman–Crippen MR) is 78.4 cm³/mol. The average molecular weight is 266 g/mol. The molecule has 0 saturated carbocycles. The lowest BCUT2D eigenvalue weighted by molar-refractivity contribution is 0.0845. The van der Waals surface area contributed by atoms with E-state index in [0.29, 0.717) is 12.6 Å². The molecule has 0 aliphatic rings. The zero-order valence-corrected chi connectivity index (χ0v) is 12.7. The number of likely N-dealkylation sites (N-methyl/N-ethyl adjacent to an activating group) is 1. The van der Waals surface area contributed by atoms with Crippen LogP contribution in [-0.4, -0.2) is 42.3 Å². The number of hydrogen-bond acceptors (Lipinski definition) is 5. The molecule has 0 spiro atoms. The van der Waals surface area contributed by atoms with Crippen LogP contribution in [0.3, 0.4) is 0 Å². The Morgan fingerprint density at radius 2 is 1.95 bits per heavy atom. The maximum absolute atomic E-state index is 5.52. The Balaban J connectivity index is 2.41. The van der Waals surface area contributed by atoms with Gasteiger partial charge in [0.2, 0.25) is 0 Å². The highest BCUT2D eigenvalue weighted by molar-refractivity contribution is 5.34. The molecular weight excluding hydrogens is 240 g/mol. The third-order valence-electron chi connectivity index (χ3n) is 2.65. The van der Waals surface area contributed by atoms with Crippen LogP contribution < -0.4 is 10.2 Å². The number of hydrogen-bond donors (Lipinski definition) is 1. The highest BCUT2D eigenvalue weighted by Gasteiger charge is 2.04. The molecule has 0 fully saturated rings. The summed E-state index contributed by atoms with van der Waals surface area (Å²) < 4.78 is 5.52. The quantitative estimate of drug-likeness (QED) is 0.778. The van der Waals surface area contributed by atoms with E-state index in [0.717, 1.165) is 24.6 Å². The fourth-order valence-electron chi connectivity index (χ4n) is 1.48. The Hall–Kier alpha value is -1.20. The number of ether oxygens (including phenoxy) is 1. The molecule has 19 heavy (non-hydrogen) atoms. The van der Waals surface area contributed by atoms with Gasteiger partial charge in [0.25, 0.3) is 0 Å². The molecule has 0 aromatic carbocycles. The van der Waals surface area contributed by atoms with Crippen molar-refractivity contribution in [1.82, 2.24) is 15.3 Å². The van der Waals surface area contributed by atoms with E-state index >= 15 is 0 Å². The fraction of sp³-hybridized carbons (Fsp3) is 0.714. The zero-order chi connectivity index (χ0) is 14.3. The summed E-state index contributed by atoms with van der Waals surface area (Å²) in [7, 11) is 2.00. The van der Waals surface area contributed by atoms with Gasteiger partial charge in [-0.3, -0.25) is 4.98 Å². The first-order valence-corrected chi connectivity index (χ1v) is 6.86. The number of rotatable bonds is 8. The Morgan fingerprint density at radius 3 is 2.47 bits per heavy atom. The Morgan fingerprint density at radius 1 is 1.21 bits per heavy atom. The van der Waals surface area contributed by atoms with Gasteiger partial charge in [0, 0.05) is 26.2 Å². The summed E-state index contributed by atoms with van der Waals surface area (Å²) in [4.78, 5) is 10.9. The van der Waals surface area contributed by atoms with E-state index in [-0.39, 0.29) is 6.10 Å². The maximum atomic E-state index is 5.52. The van der Waals surface area contributed by atoms with Crippen molar-refractivity contribution in [3.8, 4) is 0 Å². The highest BCUT2D eigenvalue weighted by atomic mass is 16.5. The van der Waals surface area contributed by atoms with Gasteiger partial charge in [-0.1, -0.05) is 13.8 Å². The second-order valence-corrected chi connectivity index (χ2v) is 5.24. The number of nitrogens with one attached hydrogen (secondary N) is 1. The normalized spacial score (nSPS) is 11.3. The summed E-state index contributed by atoms with van der Waals surface area (Å²) in [6.45, 7) is 10.6. The van der Waals surface area contributed by atoms with Gasteiger partial charge >= 0.3 is 0 Å². The zero-order valence-electron chi connectivity index (χ0n) is 12.7. The molecule has 108 valence electrons. The second kappa shape index (κ2) is 8.07. The van der Waals surface area contributed by atoms with Gasteiger partial charge in [-0.25, -0.2) is 4.98 Å². The minimum absolute atomic E-state index is 0.268. The number of anilines is 1. The van der Waals surface area contributed by atoms with Crippen molar-refractivity contribution < 1.29 is 4.74 Å². The van der Waals surface area contributed by atoms with Crippen molar-refractivity contribution in [2.24, 2.45) is 0 Å². The smallest absolute Gasteiger partial charge is 0.146 e. The van der Waals surface area contributed by atoms with Gasteiger partial charge in [-0.15, -0.1) is 0 Å². The molecule has 1 aromatic heterocycles. The van der Waals surface area contributed by atoms with Crippen molar-refractivity contribution in [2.45, 2.75) is 46.4 Å². The van der Waals surface area contributed by atoms with Crippen molar-refractivity contribution in [1.29, 1.82) is 0 Å². The molecule has 0 atom stereocenters. The first kappa shape index (κ1) is 15.9. The van der Waals surface area contributed by atoms with Crippen LogP contribution in [0, 0.1) is 0 Å². The first-order chi connectivity index (χ1) is 8.99. The van der Waals surface area contributed by atoms with Gasteiger partial charge in [-0.2, -0.15) is 0 Å². The molecule has 1 N–H and O–H groups in total. The van der Waals surface area contributed by atoms with Gasteiger partial charge in [0.05, 0.1) is 30.8 Å². The van der Waals surface area contributed by atoms with Crippen LogP contribution in [0.5, 0.6) is 0 Å². The third kappa shape index (κ3) is 6.50. The lowest BCUT2D eigenvalue weighted by Crippen LogP contribution is -2.25. The second-order valence-electron chi connectivity index (χ2n) is 5.24. The lowest BCUT2D eigenvalue weighted by Gasteiger charge is -2.18. The summed E-state index contributed by atoms with van der Waals surface area (Å²) >= 11 is 0. The predicted octanol–water partition coefficient (Wildman–Crippen LogP) is 1.84. The summed E-state index contributed by atoms with van der Waals surface area (Å²) in [5.74, 6) is 0.876. The number of nitrogens with zero attached hydrogens (tertiary/aromatic N) is 3. The molecule has 0 aliphatic carbocycles. The molecule has 1 rings (SSSR count). The third-order valence-corrected chi connectivity index (χ3v) is 2.65. The Kier molecular flexibility index (Phi) is 6.73. The van der Waals surface area contributed by atoms with Crippen molar-refractivity contribution >= 4 is 5.82 Å². The minimum atomic E-state index is 0.268. The summed E-state index contributed by atoms with van der Waals surface area (Å²) in [5, 5.41) is 3.32. The number of aromatic nitrogens is 2. The van der Waals surface area contributed by atoms with Crippen LogP contribution >= 0.6 is 0 Å². The monoisotopic (exact) mass is 266 g/mol. The Labute approximate surface area is 116 Å². The van der Waals surface area contributed by atoms with Crippen molar-refractivity contribution in [3.63, 3.8) is 0 Å². The fourth-order valence-corrected chi connectivity index (χ4v) is 1.48. The van der Waals surface area contributed by atoms with Crippen molar-refractivity contribution in [3.05, 3.63) is 18.1 Å². The van der Waals surface area contributed by atoms with Gasteiger partial charge in [0.15, 0.2) is 0 Å². The molecule has 5 heteroatoms. The topological polar surface area (TPSA) is 50.3 Å². The van der Waals surface area contributed by atoms with E-state index in [1.165, 1.54) is 0 Å². The van der Waals surface area contributed by atoms with E-state index < -0.39 is 0 Å². The van der Waals surface area contributed by atoms with Crippen LogP contribution in [0.1, 0.15) is 33.4 Å². The largest absolute Gasteiger partial charge is 0.377 e. The standard InChI is InChI=1S/C14H26N4O/c1-11(2)15-8-13-9-17-14(10-16-13)18(5)6-7-19-12(3)4/h9-12,15H,6-8H2,1-5H3. The van der Waals surface area contributed by atoms with Crippen LogP contribution in [0.2, 0.25) is 0 Å². The SMILES string of the molecule is CC(C)NCc1cnc(N(C)CCOC(C)C)cn1. The molecule has 0 radical (unpaired) electrons. The lowest BCUT2D eigenvalue weighted by atomic mass is 10.3. The molecule has 0 saturated heterocycles. The molecule has 0 amide bonds. The van der Waals surface area contributed by atoms with Crippen LogP contribution in [-0.2, 0) is 11.3 Å². The summed E-state index contributed by atoms with van der Waals surface area (Å²) in [6, 6.07) is 0.456. The molecule has 1 heterocycles. The maximum Gasteiger partial charge on any atom is 0.146 e. The molecule has 0 bridgehead atoms. The summed E-state index contributed by atoms with van der Waals surface area (Å²) in [6.07, 6.45) is 3.90. The van der Waals surface area contributed by atoms with Crippen LogP contribution in [0.25, 0.3) is 0 Å². The van der Waals surface area contributed by atoms with Crippen molar-refractivity contribution in [2.75, 3.05) is 25.1 Å². The molecule has 0 unspecified atom stereocenters. The molecule has 1 aromatic rings. The van der Waals surface area contributed by atoms with E-state index in [4.69, 9.17) is 4.74 Å². The molecule has 5 nitrogen and oxygen atoms in total. The average Bonchev–Trinajstić information content (AvgIpc) is 2.36. The highest BCUT2D eigenvalue weighted by Crippen LogP contribution is 2.06. The minimum Gasteiger partial charge on any atom is -0.377 e. The molecular formula is C14H26N4O. The first-order valence-electron chi connectivity index (χ1n) is 6.86. The van der Waals surface area contributed by atoms with Crippen LogP contribution in [0.4, 0.5) is 5.82 Å².